The van der Waals surface area contributed by atoms with Gasteiger partial charge in [-0.25, -0.2) is 14.4 Å². The number of primary amides is 1. The number of rotatable bonds is 4. The van der Waals surface area contributed by atoms with E-state index in [0.29, 0.717) is 30.0 Å². The number of nitrogens with zero attached hydrogens (tertiary/aromatic N) is 5. The van der Waals surface area contributed by atoms with Crippen molar-refractivity contribution in [3.63, 3.8) is 0 Å². The average Bonchev–Trinajstić information content (AvgIpc) is 3.37. The number of pyridine rings is 1. The normalized spacial score (nSPS) is 20.1. The van der Waals surface area contributed by atoms with Crippen LogP contribution in [0.4, 0.5) is 10.2 Å². The van der Waals surface area contributed by atoms with Crippen molar-refractivity contribution in [2.45, 2.75) is 50.4 Å². The van der Waals surface area contributed by atoms with Crippen LogP contribution in [0, 0.1) is 0 Å². The van der Waals surface area contributed by atoms with Gasteiger partial charge in [-0.15, -0.1) is 0 Å². The molecule has 172 valence electrons. The Morgan fingerprint density at radius 1 is 1.30 bits per heavy atom. The van der Waals surface area contributed by atoms with E-state index < -0.39 is 12.1 Å². The number of halogens is 1. The van der Waals surface area contributed by atoms with Gasteiger partial charge < -0.3 is 20.7 Å². The minimum atomic E-state index is -0.575. The Balaban J connectivity index is 0.000000406. The number of carbonyl (C=O) groups excluding carboxylic acids is 1. The third-order valence-corrected chi connectivity index (χ3v) is 6.38. The largest absolute Gasteiger partial charge is 0.393 e. The average molecular weight is 452 g/mol. The molecule has 2 fully saturated rings. The first kappa shape index (κ1) is 21.3. The molecular weight excluding hydrogens is 425 g/mol. The Bertz CT molecular complexity index is 1320. The van der Waals surface area contributed by atoms with Gasteiger partial charge >= 0.3 is 0 Å². The number of aromatic nitrogens is 5. The molecule has 4 N–H and O–H groups in total. The number of hydrogen-bond acceptors (Lipinski definition) is 6. The van der Waals surface area contributed by atoms with Crippen molar-refractivity contribution in [3.05, 3.63) is 42.4 Å². The van der Waals surface area contributed by atoms with Gasteiger partial charge in [0.15, 0.2) is 5.65 Å². The predicted octanol–water partition coefficient (Wildman–Crippen LogP) is 3.09. The lowest BCUT2D eigenvalue weighted by molar-refractivity contribution is 0.0501. The van der Waals surface area contributed by atoms with Crippen LogP contribution < -0.4 is 11.1 Å². The number of hydrogen-bond donors (Lipinski definition) is 3. The van der Waals surface area contributed by atoms with Crippen molar-refractivity contribution < 1.29 is 14.3 Å². The van der Waals surface area contributed by atoms with E-state index in [0.717, 1.165) is 35.9 Å². The van der Waals surface area contributed by atoms with Gasteiger partial charge in [-0.1, -0.05) is 0 Å². The van der Waals surface area contributed by atoms with Crippen molar-refractivity contribution in [1.82, 2.24) is 24.1 Å². The highest BCUT2D eigenvalue weighted by Gasteiger charge is 2.30. The number of aliphatic hydroxyl groups is 1. The fourth-order valence-corrected chi connectivity index (χ4v) is 4.16. The predicted molar refractivity (Wildman–Crippen MR) is 123 cm³/mol. The van der Waals surface area contributed by atoms with Crippen molar-refractivity contribution in [2.24, 2.45) is 5.73 Å². The molecule has 6 rings (SSSR count). The van der Waals surface area contributed by atoms with E-state index in [-0.39, 0.29) is 17.7 Å². The number of aliphatic hydroxyl groups excluding tert-OH is 1. The Morgan fingerprint density at radius 3 is 2.67 bits per heavy atom. The fraction of sp³-hybridized carbons (Fsp3) is 0.391. The molecule has 0 unspecified atom stereocenters. The summed E-state index contributed by atoms with van der Waals surface area (Å²) >= 11 is 0. The number of carbonyl (C=O) groups is 1. The minimum Gasteiger partial charge on any atom is -0.393 e. The second-order valence-electron chi connectivity index (χ2n) is 8.57. The molecule has 0 aliphatic heterocycles. The van der Waals surface area contributed by atoms with Gasteiger partial charge in [-0.05, 0) is 44.2 Å². The molecule has 2 aliphatic rings. The van der Waals surface area contributed by atoms with Crippen LogP contribution in [0.15, 0.2) is 36.8 Å². The molecule has 0 bridgehead atoms. The molecule has 0 atom stereocenters. The topological polar surface area (TPSA) is 123 Å². The van der Waals surface area contributed by atoms with E-state index in [9.17, 15) is 14.3 Å². The molecule has 4 aromatic rings. The van der Waals surface area contributed by atoms with Gasteiger partial charge in [0.05, 0.1) is 18.0 Å². The lowest BCUT2D eigenvalue weighted by Crippen LogP contribution is -2.30. The Morgan fingerprint density at radius 2 is 2.06 bits per heavy atom. The molecule has 33 heavy (non-hydrogen) atoms. The summed E-state index contributed by atoms with van der Waals surface area (Å²) in [4.78, 5) is 21.0. The zero-order valence-corrected chi connectivity index (χ0v) is 18.3. The van der Waals surface area contributed by atoms with Crippen LogP contribution in [-0.4, -0.2) is 54.5 Å². The molecule has 2 aliphatic carbocycles. The summed E-state index contributed by atoms with van der Waals surface area (Å²) in [7, 11) is 1.78. The molecule has 1 amide bonds. The molecule has 0 aromatic carbocycles. The van der Waals surface area contributed by atoms with Crippen LogP contribution in [0.2, 0.25) is 0 Å². The highest BCUT2D eigenvalue weighted by atomic mass is 19.1. The number of fused-ring (bicyclic) bond motifs is 2. The second kappa shape index (κ2) is 8.43. The van der Waals surface area contributed by atoms with E-state index >= 15 is 0 Å². The van der Waals surface area contributed by atoms with E-state index in [4.69, 9.17) is 5.73 Å². The molecule has 0 radical (unpaired) electrons. The maximum absolute atomic E-state index is 11.8. The number of alkyl halides is 1. The van der Waals surface area contributed by atoms with Gasteiger partial charge in [0.25, 0.3) is 5.91 Å². The zero-order valence-electron chi connectivity index (χ0n) is 18.3. The maximum Gasteiger partial charge on any atom is 0.254 e. The summed E-state index contributed by atoms with van der Waals surface area (Å²) in [5.74, 6) is 0.116. The Labute approximate surface area is 189 Å². The highest BCUT2D eigenvalue weighted by molar-refractivity contribution is 6.00. The Hall–Kier alpha value is -3.53. The molecule has 4 aromatic heterocycles. The van der Waals surface area contributed by atoms with Crippen LogP contribution in [0.3, 0.4) is 0 Å². The maximum atomic E-state index is 11.8. The SMILES string of the molecule is CNc1cc(-c2cn(C3CC(O)C3)c3ncccc23)nc2c(C(N)=O)cnn12.FC1CCC1. The molecule has 10 heteroatoms. The van der Waals surface area contributed by atoms with Crippen molar-refractivity contribution in [1.29, 1.82) is 0 Å². The lowest BCUT2D eigenvalue weighted by atomic mass is 9.89. The third kappa shape index (κ3) is 3.80. The fourth-order valence-electron chi connectivity index (χ4n) is 4.16. The summed E-state index contributed by atoms with van der Waals surface area (Å²) in [6.07, 6.45) is 8.68. The van der Waals surface area contributed by atoms with E-state index in [2.05, 4.69) is 25.0 Å². The first-order chi connectivity index (χ1) is 16.0. The summed E-state index contributed by atoms with van der Waals surface area (Å²) < 4.78 is 15.2. The zero-order chi connectivity index (χ0) is 23.1. The molecule has 0 spiro atoms. The van der Waals surface area contributed by atoms with Gasteiger partial charge in [-0.2, -0.15) is 9.61 Å². The van der Waals surface area contributed by atoms with Gasteiger partial charge in [0, 0.05) is 42.5 Å². The van der Waals surface area contributed by atoms with E-state index in [1.807, 2.05) is 24.4 Å². The number of anilines is 1. The van der Waals surface area contributed by atoms with Crippen molar-refractivity contribution in [2.75, 3.05) is 12.4 Å². The van der Waals surface area contributed by atoms with E-state index in [1.54, 1.807) is 17.8 Å². The number of nitrogens with two attached hydrogens (primary N) is 1. The van der Waals surface area contributed by atoms with Crippen LogP contribution in [-0.2, 0) is 0 Å². The minimum absolute atomic E-state index is 0.213. The number of amides is 1. The first-order valence-corrected chi connectivity index (χ1v) is 11.1. The number of nitrogens with one attached hydrogen (secondary N) is 1. The molecule has 4 heterocycles. The molecular formula is C23H26FN7O2. The Kier molecular flexibility index (Phi) is 5.45. The lowest BCUT2D eigenvalue weighted by Gasteiger charge is -2.32. The van der Waals surface area contributed by atoms with E-state index in [1.165, 1.54) is 6.20 Å². The second-order valence-corrected chi connectivity index (χ2v) is 8.57. The van der Waals surface area contributed by atoms with Gasteiger partial charge in [-0.3, -0.25) is 4.79 Å². The first-order valence-electron chi connectivity index (χ1n) is 11.1. The van der Waals surface area contributed by atoms with Crippen LogP contribution >= 0.6 is 0 Å². The standard InChI is InChI=1S/C19H19N7O2.C4H7F/c1-21-16-7-15(24-19-13(17(20)28)8-23-26(16)19)14-9-25(10-5-11(27)6-10)18-12(14)3-2-4-22-18;5-4-2-1-3-4/h2-4,7-11,21,27H,5-6H2,1H3,(H2,20,28);4H,1-3H2. The monoisotopic (exact) mass is 451 g/mol. The molecule has 2 saturated carbocycles. The van der Waals surface area contributed by atoms with Crippen molar-refractivity contribution >= 4 is 28.4 Å². The smallest absolute Gasteiger partial charge is 0.254 e. The van der Waals surface area contributed by atoms with Crippen molar-refractivity contribution in [3.8, 4) is 11.3 Å². The summed E-state index contributed by atoms with van der Waals surface area (Å²) in [5.41, 5.74) is 8.60. The van der Waals surface area contributed by atoms with Gasteiger partial charge in [0.2, 0.25) is 0 Å². The quantitative estimate of drug-likeness (QED) is 0.438. The van der Waals surface area contributed by atoms with Crippen LogP contribution in [0.25, 0.3) is 27.9 Å². The van der Waals surface area contributed by atoms with Gasteiger partial charge in [0.1, 0.15) is 23.2 Å². The van der Waals surface area contributed by atoms with Crippen LogP contribution in [0.1, 0.15) is 48.5 Å². The highest BCUT2D eigenvalue weighted by Crippen LogP contribution is 2.38. The molecule has 9 nitrogen and oxygen atoms in total. The summed E-state index contributed by atoms with van der Waals surface area (Å²) in [6.45, 7) is 0. The molecule has 0 saturated heterocycles. The third-order valence-electron chi connectivity index (χ3n) is 6.38. The summed E-state index contributed by atoms with van der Waals surface area (Å²) in [6, 6.07) is 5.98. The van der Waals surface area contributed by atoms with Crippen LogP contribution in [0.5, 0.6) is 0 Å². The summed E-state index contributed by atoms with van der Waals surface area (Å²) in [5, 5.41) is 18.0.